The van der Waals surface area contributed by atoms with Gasteiger partial charge in [-0.15, -0.1) is 0 Å². The molecule has 1 amide bonds. The Labute approximate surface area is 120 Å². The molecule has 0 aromatic heterocycles. The summed E-state index contributed by atoms with van der Waals surface area (Å²) in [6, 6.07) is 9.15. The van der Waals surface area contributed by atoms with Crippen LogP contribution in [0.3, 0.4) is 0 Å². The van der Waals surface area contributed by atoms with E-state index < -0.39 is 11.7 Å². The number of hydrogen-bond donors (Lipinski definition) is 2. The molecule has 1 aliphatic rings. The fourth-order valence-corrected chi connectivity index (χ4v) is 2.05. The van der Waals surface area contributed by atoms with Crippen LogP contribution >= 0.6 is 0 Å². The Hall–Kier alpha value is -2.76. The number of amides is 1. The highest BCUT2D eigenvalue weighted by Gasteiger charge is 2.15. The minimum absolute atomic E-state index is 0.0879. The highest BCUT2D eigenvalue weighted by atomic mass is 19.1. The van der Waals surface area contributed by atoms with Gasteiger partial charge < -0.3 is 20.5 Å². The third-order valence-electron chi connectivity index (χ3n) is 3.10. The van der Waals surface area contributed by atoms with E-state index in [9.17, 15) is 9.18 Å². The fraction of sp³-hybridized carbons (Fsp3) is 0.133. The van der Waals surface area contributed by atoms with Crippen molar-refractivity contribution in [2.45, 2.75) is 0 Å². The van der Waals surface area contributed by atoms with Crippen molar-refractivity contribution in [1.82, 2.24) is 0 Å². The summed E-state index contributed by atoms with van der Waals surface area (Å²) in [7, 11) is 0. The third-order valence-corrected chi connectivity index (χ3v) is 3.10. The molecule has 3 rings (SSSR count). The minimum atomic E-state index is -0.621. The summed E-state index contributed by atoms with van der Waals surface area (Å²) in [6.45, 7) is 0.958. The van der Waals surface area contributed by atoms with Crippen LogP contribution in [0, 0.1) is 5.82 Å². The lowest BCUT2D eigenvalue weighted by Gasteiger charge is -2.19. The molecule has 0 unspecified atom stereocenters. The van der Waals surface area contributed by atoms with E-state index in [0.29, 0.717) is 30.4 Å². The Morgan fingerprint density at radius 3 is 2.71 bits per heavy atom. The molecule has 0 bridgehead atoms. The summed E-state index contributed by atoms with van der Waals surface area (Å²) in [5, 5.41) is 2.66. The van der Waals surface area contributed by atoms with Crippen molar-refractivity contribution in [2.24, 2.45) is 0 Å². The van der Waals surface area contributed by atoms with Gasteiger partial charge in [-0.25, -0.2) is 4.39 Å². The number of nitrogens with one attached hydrogen (secondary N) is 1. The standard InChI is InChI=1S/C15H13FN2O3/c16-11-3-1-2-10(14(11)17)15(19)18-9-4-5-12-13(8-9)21-7-6-20-12/h1-5,8H,6-7,17H2,(H,18,19). The van der Waals surface area contributed by atoms with Gasteiger partial charge >= 0.3 is 0 Å². The number of nitrogen functional groups attached to an aromatic ring is 1. The molecule has 5 nitrogen and oxygen atoms in total. The first-order valence-corrected chi connectivity index (χ1v) is 6.40. The molecule has 0 radical (unpaired) electrons. The fourth-order valence-electron chi connectivity index (χ4n) is 2.05. The van der Waals surface area contributed by atoms with Crippen molar-refractivity contribution in [3.8, 4) is 11.5 Å². The van der Waals surface area contributed by atoms with Crippen molar-refractivity contribution in [2.75, 3.05) is 24.3 Å². The maximum absolute atomic E-state index is 13.4. The summed E-state index contributed by atoms with van der Waals surface area (Å²) < 4.78 is 24.2. The molecular formula is C15H13FN2O3. The van der Waals surface area contributed by atoms with Gasteiger partial charge in [-0.2, -0.15) is 0 Å². The van der Waals surface area contributed by atoms with Crippen LogP contribution in [0.25, 0.3) is 0 Å². The first kappa shape index (κ1) is 13.2. The lowest BCUT2D eigenvalue weighted by molar-refractivity contribution is 0.102. The number of anilines is 2. The molecule has 2 aromatic rings. The number of ether oxygens (including phenoxy) is 2. The highest BCUT2D eigenvalue weighted by Crippen LogP contribution is 2.32. The first-order chi connectivity index (χ1) is 10.1. The average molecular weight is 288 g/mol. The second kappa shape index (κ2) is 5.32. The first-order valence-electron chi connectivity index (χ1n) is 6.40. The van der Waals surface area contributed by atoms with Gasteiger partial charge in [-0.1, -0.05) is 6.07 Å². The van der Waals surface area contributed by atoms with Crippen molar-refractivity contribution in [3.05, 3.63) is 47.8 Å². The number of carbonyl (C=O) groups is 1. The SMILES string of the molecule is Nc1c(F)cccc1C(=O)Nc1ccc2c(c1)OCCO2. The summed E-state index contributed by atoms with van der Waals surface area (Å²) in [4.78, 5) is 12.1. The topological polar surface area (TPSA) is 73.6 Å². The third kappa shape index (κ3) is 2.60. The molecule has 108 valence electrons. The molecule has 0 atom stereocenters. The van der Waals surface area contributed by atoms with E-state index in [1.54, 1.807) is 18.2 Å². The number of hydrogen-bond acceptors (Lipinski definition) is 4. The Balaban J connectivity index is 1.83. The highest BCUT2D eigenvalue weighted by molar-refractivity contribution is 6.07. The predicted octanol–water partition coefficient (Wildman–Crippen LogP) is 2.43. The zero-order valence-corrected chi connectivity index (χ0v) is 11.1. The number of halogens is 1. The van der Waals surface area contributed by atoms with Crippen molar-refractivity contribution in [1.29, 1.82) is 0 Å². The molecule has 6 heteroatoms. The maximum atomic E-state index is 13.4. The van der Waals surface area contributed by atoms with E-state index in [1.165, 1.54) is 18.2 Å². The van der Waals surface area contributed by atoms with Crippen LogP contribution in [0.2, 0.25) is 0 Å². The molecule has 21 heavy (non-hydrogen) atoms. The summed E-state index contributed by atoms with van der Waals surface area (Å²) in [5.41, 5.74) is 6.00. The van der Waals surface area contributed by atoms with Gasteiger partial charge in [0.2, 0.25) is 0 Å². The number of carbonyl (C=O) groups excluding carboxylic acids is 1. The number of para-hydroxylation sites is 1. The molecule has 0 saturated carbocycles. The van der Waals surface area contributed by atoms with Crippen LogP contribution in [0.15, 0.2) is 36.4 Å². The predicted molar refractivity (Wildman–Crippen MR) is 76.2 cm³/mol. The molecule has 1 aliphatic heterocycles. The van der Waals surface area contributed by atoms with E-state index in [-0.39, 0.29) is 11.3 Å². The smallest absolute Gasteiger partial charge is 0.257 e. The van der Waals surface area contributed by atoms with Crippen LogP contribution in [-0.4, -0.2) is 19.1 Å². The van der Waals surface area contributed by atoms with E-state index in [0.717, 1.165) is 0 Å². The molecule has 3 N–H and O–H groups in total. The van der Waals surface area contributed by atoms with Gasteiger partial charge in [0.05, 0.1) is 11.3 Å². The number of nitrogens with two attached hydrogens (primary N) is 1. The van der Waals surface area contributed by atoms with Crippen molar-refractivity contribution >= 4 is 17.3 Å². The van der Waals surface area contributed by atoms with Crippen LogP contribution in [0.1, 0.15) is 10.4 Å². The van der Waals surface area contributed by atoms with Gasteiger partial charge in [-0.05, 0) is 24.3 Å². The lowest BCUT2D eigenvalue weighted by atomic mass is 10.1. The maximum Gasteiger partial charge on any atom is 0.257 e. The monoisotopic (exact) mass is 288 g/mol. The molecule has 1 heterocycles. The van der Waals surface area contributed by atoms with Crippen LogP contribution in [0.5, 0.6) is 11.5 Å². The molecule has 0 fully saturated rings. The summed E-state index contributed by atoms with van der Waals surface area (Å²) >= 11 is 0. The Kier molecular flexibility index (Phi) is 3.35. The van der Waals surface area contributed by atoms with Gasteiger partial charge in [0, 0.05) is 11.8 Å². The zero-order valence-electron chi connectivity index (χ0n) is 11.1. The number of fused-ring (bicyclic) bond motifs is 1. The second-order valence-corrected chi connectivity index (χ2v) is 4.51. The molecule has 0 saturated heterocycles. The number of benzene rings is 2. The number of rotatable bonds is 2. The van der Waals surface area contributed by atoms with E-state index in [4.69, 9.17) is 15.2 Å². The zero-order chi connectivity index (χ0) is 14.8. The molecule has 0 aliphatic carbocycles. The Morgan fingerprint density at radius 1 is 1.14 bits per heavy atom. The van der Waals surface area contributed by atoms with Gasteiger partial charge in [-0.3, -0.25) is 4.79 Å². The molecular weight excluding hydrogens is 275 g/mol. The van der Waals surface area contributed by atoms with Crippen molar-refractivity contribution < 1.29 is 18.7 Å². The minimum Gasteiger partial charge on any atom is -0.486 e. The largest absolute Gasteiger partial charge is 0.486 e. The Morgan fingerprint density at radius 2 is 1.90 bits per heavy atom. The van der Waals surface area contributed by atoms with E-state index in [2.05, 4.69) is 5.32 Å². The lowest BCUT2D eigenvalue weighted by Crippen LogP contribution is -2.17. The van der Waals surface area contributed by atoms with Crippen LogP contribution in [0.4, 0.5) is 15.8 Å². The van der Waals surface area contributed by atoms with Crippen LogP contribution in [-0.2, 0) is 0 Å². The second-order valence-electron chi connectivity index (χ2n) is 4.51. The van der Waals surface area contributed by atoms with Crippen molar-refractivity contribution in [3.63, 3.8) is 0 Å². The Bertz CT molecular complexity index is 703. The van der Waals surface area contributed by atoms with Gasteiger partial charge in [0.15, 0.2) is 11.5 Å². The van der Waals surface area contributed by atoms with Gasteiger partial charge in [0.25, 0.3) is 5.91 Å². The summed E-state index contributed by atoms with van der Waals surface area (Å²) in [6.07, 6.45) is 0. The summed E-state index contributed by atoms with van der Waals surface area (Å²) in [5.74, 6) is 0.0873. The molecule has 0 spiro atoms. The van der Waals surface area contributed by atoms with Gasteiger partial charge in [0.1, 0.15) is 19.0 Å². The molecule has 2 aromatic carbocycles. The van der Waals surface area contributed by atoms with E-state index >= 15 is 0 Å². The average Bonchev–Trinajstić information content (AvgIpc) is 2.50. The van der Waals surface area contributed by atoms with Crippen LogP contribution < -0.4 is 20.5 Å². The normalized spacial score (nSPS) is 12.8. The van der Waals surface area contributed by atoms with E-state index in [1.807, 2.05) is 0 Å². The quantitative estimate of drug-likeness (QED) is 0.832.